The fraction of sp³-hybridized carbons (Fsp3) is 0.464. The standard InChI is InChI=1S/C28H32O16/c1-40-14-4-9(2-3-10(14)31)13-5-11(32)18-15(41-13)6-12(33)19(22(18)36)26-25(39)27(21(35)17(8-30)42-26)44-28-24(38)23(37)20(34)16(7-29)43-28/h2-6,16-17,20-21,23-31,33-39H,7-8H2,1H3/t16-,17-,20-,21-,23+,24-,25+,26+,27+,28+/m1/s1. The van der Waals surface area contributed by atoms with Gasteiger partial charge in [0.25, 0.3) is 0 Å². The van der Waals surface area contributed by atoms with Gasteiger partial charge in [0.15, 0.2) is 23.2 Å². The molecule has 2 aromatic carbocycles. The van der Waals surface area contributed by atoms with Crippen LogP contribution in [0.3, 0.4) is 0 Å². The first-order valence-electron chi connectivity index (χ1n) is 13.4. The number of phenolic OH excluding ortho intramolecular Hbond substituents is 3. The molecule has 3 heterocycles. The lowest BCUT2D eigenvalue weighted by Crippen LogP contribution is -2.63. The highest BCUT2D eigenvalue weighted by Gasteiger charge is 2.51. The number of hydrogen-bond donors (Lipinski definition) is 10. The van der Waals surface area contributed by atoms with E-state index < -0.39 is 102 Å². The molecule has 10 N–H and O–H groups in total. The molecule has 0 amide bonds. The van der Waals surface area contributed by atoms with Crippen LogP contribution >= 0.6 is 0 Å². The van der Waals surface area contributed by atoms with Crippen LogP contribution in [-0.2, 0) is 14.2 Å². The molecule has 44 heavy (non-hydrogen) atoms. The number of hydrogen-bond acceptors (Lipinski definition) is 16. The summed E-state index contributed by atoms with van der Waals surface area (Å²) in [4.78, 5) is 13.2. The van der Waals surface area contributed by atoms with Gasteiger partial charge in [-0.25, -0.2) is 0 Å². The third-order valence-corrected chi connectivity index (χ3v) is 7.76. The first kappa shape index (κ1) is 31.9. The van der Waals surface area contributed by atoms with Crippen molar-refractivity contribution < 1.29 is 74.4 Å². The molecule has 0 radical (unpaired) electrons. The van der Waals surface area contributed by atoms with Gasteiger partial charge in [0.1, 0.15) is 83.2 Å². The van der Waals surface area contributed by atoms with Crippen molar-refractivity contribution in [3.8, 4) is 34.3 Å². The summed E-state index contributed by atoms with van der Waals surface area (Å²) < 4.78 is 27.3. The Morgan fingerprint density at radius 1 is 0.795 bits per heavy atom. The maximum absolute atomic E-state index is 13.2. The van der Waals surface area contributed by atoms with Crippen molar-refractivity contribution in [3.63, 3.8) is 0 Å². The largest absolute Gasteiger partial charge is 0.507 e. The van der Waals surface area contributed by atoms with Crippen LogP contribution in [0.2, 0.25) is 0 Å². The first-order valence-corrected chi connectivity index (χ1v) is 13.4. The Balaban J connectivity index is 1.52. The smallest absolute Gasteiger partial charge is 0.197 e. The third-order valence-electron chi connectivity index (χ3n) is 7.76. The molecule has 2 fully saturated rings. The molecule has 0 unspecified atom stereocenters. The number of aliphatic hydroxyl groups is 7. The number of phenols is 3. The Morgan fingerprint density at radius 3 is 2.14 bits per heavy atom. The molecule has 10 atom stereocenters. The van der Waals surface area contributed by atoms with Gasteiger partial charge in [-0.1, -0.05) is 0 Å². The zero-order valence-corrected chi connectivity index (χ0v) is 23.0. The molecular weight excluding hydrogens is 592 g/mol. The van der Waals surface area contributed by atoms with Crippen LogP contribution in [0.15, 0.2) is 39.5 Å². The molecule has 0 spiro atoms. The van der Waals surface area contributed by atoms with Gasteiger partial charge in [-0.2, -0.15) is 0 Å². The van der Waals surface area contributed by atoms with Crippen molar-refractivity contribution >= 4 is 11.0 Å². The maximum atomic E-state index is 13.2. The molecule has 3 aromatic rings. The molecule has 16 nitrogen and oxygen atoms in total. The second kappa shape index (κ2) is 12.4. The minimum Gasteiger partial charge on any atom is -0.507 e. The molecule has 2 aliphatic heterocycles. The monoisotopic (exact) mass is 624 g/mol. The van der Waals surface area contributed by atoms with E-state index in [1.807, 2.05) is 0 Å². The maximum Gasteiger partial charge on any atom is 0.197 e. The van der Waals surface area contributed by atoms with Gasteiger partial charge in [-0.05, 0) is 18.2 Å². The van der Waals surface area contributed by atoms with Crippen molar-refractivity contribution in [3.05, 3.63) is 46.1 Å². The zero-order chi connectivity index (χ0) is 32.0. The van der Waals surface area contributed by atoms with Gasteiger partial charge >= 0.3 is 0 Å². The van der Waals surface area contributed by atoms with Gasteiger partial charge < -0.3 is 74.4 Å². The van der Waals surface area contributed by atoms with Crippen LogP contribution in [0.1, 0.15) is 11.7 Å². The van der Waals surface area contributed by atoms with Crippen LogP contribution in [0.5, 0.6) is 23.0 Å². The van der Waals surface area contributed by atoms with Crippen molar-refractivity contribution in [2.24, 2.45) is 0 Å². The lowest BCUT2D eigenvalue weighted by molar-refractivity contribution is -0.342. The predicted octanol–water partition coefficient (Wildman–Crippen LogP) is -2.08. The fourth-order valence-corrected chi connectivity index (χ4v) is 5.38. The first-order chi connectivity index (χ1) is 20.9. The number of methoxy groups -OCH3 is 1. The van der Waals surface area contributed by atoms with Gasteiger partial charge in [-0.15, -0.1) is 0 Å². The SMILES string of the molecule is COc1cc(-c2cc(=O)c3c(O)c([C@@H]4O[C@H](CO)[C@@H](O)[C@H](O[C@@H]5O[C@H](CO)[C@@H](O)[C@H](O)[C@H]5O)[C@H]4O)c(O)cc3o2)ccc1O. The quantitative estimate of drug-likeness (QED) is 0.135. The summed E-state index contributed by atoms with van der Waals surface area (Å²) in [6.07, 6.45) is -17.4. The Bertz CT molecular complexity index is 1550. The minimum absolute atomic E-state index is 0.00207. The van der Waals surface area contributed by atoms with Crippen LogP contribution in [0, 0.1) is 0 Å². The third kappa shape index (κ3) is 5.45. The number of aliphatic hydroxyl groups excluding tert-OH is 7. The number of aromatic hydroxyl groups is 3. The van der Waals surface area contributed by atoms with Gasteiger partial charge in [0, 0.05) is 17.7 Å². The van der Waals surface area contributed by atoms with E-state index in [-0.39, 0.29) is 22.8 Å². The number of ether oxygens (including phenoxy) is 4. The number of fused-ring (bicyclic) bond motifs is 1. The van der Waals surface area contributed by atoms with Crippen molar-refractivity contribution in [1.29, 1.82) is 0 Å². The topological polar surface area (TPSA) is 269 Å². The average molecular weight is 625 g/mol. The van der Waals surface area contributed by atoms with Crippen LogP contribution in [0.25, 0.3) is 22.3 Å². The Labute approximate surface area is 247 Å². The minimum atomic E-state index is -1.97. The summed E-state index contributed by atoms with van der Waals surface area (Å²) in [5.74, 6) is -1.64. The fourth-order valence-electron chi connectivity index (χ4n) is 5.38. The molecule has 2 saturated heterocycles. The molecule has 0 saturated carbocycles. The van der Waals surface area contributed by atoms with Gasteiger partial charge in [0.2, 0.25) is 0 Å². The van der Waals surface area contributed by atoms with E-state index in [1.54, 1.807) is 0 Å². The molecular formula is C28H32O16. The van der Waals surface area contributed by atoms with Gasteiger partial charge in [0.05, 0.1) is 25.9 Å². The molecule has 0 aliphatic carbocycles. The summed E-state index contributed by atoms with van der Waals surface area (Å²) in [6, 6.07) is 6.17. The Hall–Kier alpha value is -3.55. The highest BCUT2D eigenvalue weighted by molar-refractivity contribution is 5.88. The summed E-state index contributed by atoms with van der Waals surface area (Å²) in [6.45, 7) is -1.63. The summed E-state index contributed by atoms with van der Waals surface area (Å²) >= 11 is 0. The van der Waals surface area contributed by atoms with Crippen LogP contribution in [0.4, 0.5) is 0 Å². The molecule has 1 aromatic heterocycles. The molecule has 16 heteroatoms. The highest BCUT2D eigenvalue weighted by atomic mass is 16.7. The van der Waals surface area contributed by atoms with Crippen molar-refractivity contribution in [2.75, 3.05) is 20.3 Å². The van der Waals surface area contributed by atoms with Crippen molar-refractivity contribution in [2.45, 2.75) is 61.2 Å². The van der Waals surface area contributed by atoms with E-state index in [9.17, 15) is 55.9 Å². The van der Waals surface area contributed by atoms with Gasteiger partial charge in [-0.3, -0.25) is 4.79 Å². The lowest BCUT2D eigenvalue weighted by Gasteiger charge is -2.46. The van der Waals surface area contributed by atoms with E-state index in [0.717, 1.165) is 12.1 Å². The predicted molar refractivity (Wildman–Crippen MR) is 145 cm³/mol. The molecule has 5 rings (SSSR count). The second-order valence-electron chi connectivity index (χ2n) is 10.4. The number of benzene rings is 2. The van der Waals surface area contributed by atoms with E-state index in [4.69, 9.17) is 23.4 Å². The highest BCUT2D eigenvalue weighted by Crippen LogP contribution is 2.45. The van der Waals surface area contributed by atoms with E-state index in [2.05, 4.69) is 0 Å². The van der Waals surface area contributed by atoms with Crippen LogP contribution in [-0.4, -0.2) is 127 Å². The second-order valence-corrected chi connectivity index (χ2v) is 10.4. The number of rotatable bonds is 7. The lowest BCUT2D eigenvalue weighted by atomic mass is 9.89. The average Bonchev–Trinajstić information content (AvgIpc) is 2.99. The Morgan fingerprint density at radius 2 is 1.48 bits per heavy atom. The summed E-state index contributed by atoms with van der Waals surface area (Å²) in [5.41, 5.74) is -1.24. The normalized spacial score (nSPS) is 32.5. The molecule has 240 valence electrons. The summed E-state index contributed by atoms with van der Waals surface area (Å²) in [7, 11) is 1.33. The molecule has 2 aliphatic rings. The summed E-state index contributed by atoms with van der Waals surface area (Å²) in [5, 5.41) is 103. The Kier molecular flexibility index (Phi) is 9.01. The van der Waals surface area contributed by atoms with Crippen molar-refractivity contribution in [1.82, 2.24) is 0 Å². The van der Waals surface area contributed by atoms with E-state index in [0.29, 0.717) is 5.56 Å². The van der Waals surface area contributed by atoms with E-state index in [1.165, 1.54) is 25.3 Å². The van der Waals surface area contributed by atoms with E-state index >= 15 is 0 Å². The molecule has 0 bridgehead atoms. The van der Waals surface area contributed by atoms with Crippen LogP contribution < -0.4 is 10.2 Å². The zero-order valence-electron chi connectivity index (χ0n) is 23.0.